The predicted octanol–water partition coefficient (Wildman–Crippen LogP) is 3.14. The number of hydrogen-bond acceptors (Lipinski definition) is 2. The van der Waals surface area contributed by atoms with E-state index in [2.05, 4.69) is 42.3 Å². The molecule has 2 unspecified atom stereocenters. The lowest BCUT2D eigenvalue weighted by molar-refractivity contribution is 0.261. The van der Waals surface area contributed by atoms with Crippen LogP contribution in [0.15, 0.2) is 18.2 Å². The quantitative estimate of drug-likeness (QED) is 0.888. The van der Waals surface area contributed by atoms with Crippen LogP contribution in [0.2, 0.25) is 0 Å². The van der Waals surface area contributed by atoms with Gasteiger partial charge in [-0.25, -0.2) is 0 Å². The van der Waals surface area contributed by atoms with Gasteiger partial charge in [-0.2, -0.15) is 0 Å². The summed E-state index contributed by atoms with van der Waals surface area (Å²) in [5, 5.41) is 3.82. The number of nitrogens with one attached hydrogen (secondary N) is 1. The summed E-state index contributed by atoms with van der Waals surface area (Å²) in [5.41, 5.74) is 4.96. The fourth-order valence-corrected chi connectivity index (χ4v) is 4.13. The molecule has 2 atom stereocenters. The van der Waals surface area contributed by atoms with Crippen LogP contribution >= 0.6 is 0 Å². The molecule has 4 rings (SSSR count). The smallest absolute Gasteiger partial charge is 0.0387 e. The Morgan fingerprint density at radius 3 is 2.80 bits per heavy atom. The minimum absolute atomic E-state index is 0.325. The summed E-state index contributed by atoms with van der Waals surface area (Å²) in [6.07, 6.45) is 6.73. The van der Waals surface area contributed by atoms with Crippen molar-refractivity contribution >= 4 is 5.69 Å². The van der Waals surface area contributed by atoms with Crippen molar-refractivity contribution in [2.75, 3.05) is 18.0 Å². The van der Waals surface area contributed by atoms with Gasteiger partial charge in [0, 0.05) is 30.4 Å². The lowest BCUT2D eigenvalue weighted by Crippen LogP contribution is -2.63. The van der Waals surface area contributed by atoms with E-state index < -0.39 is 0 Å². The van der Waals surface area contributed by atoms with Crippen LogP contribution in [-0.2, 0) is 12.8 Å². The van der Waals surface area contributed by atoms with E-state index in [0.29, 0.717) is 11.6 Å². The number of benzene rings is 1. The number of aryl methyl sites for hydroxylation is 2. The highest BCUT2D eigenvalue weighted by Gasteiger charge is 2.45. The van der Waals surface area contributed by atoms with Crippen LogP contribution in [-0.4, -0.2) is 24.7 Å². The van der Waals surface area contributed by atoms with E-state index in [4.69, 9.17) is 0 Å². The Hall–Kier alpha value is -1.02. The first-order chi connectivity index (χ1) is 9.66. The Labute approximate surface area is 122 Å². The van der Waals surface area contributed by atoms with Crippen molar-refractivity contribution < 1.29 is 0 Å². The largest absolute Gasteiger partial charge is 0.366 e. The molecule has 3 aliphatic rings. The van der Waals surface area contributed by atoms with E-state index in [1.165, 1.54) is 37.8 Å². The molecule has 1 saturated carbocycles. The maximum atomic E-state index is 3.82. The average Bonchev–Trinajstić information content (AvgIpc) is 3.21. The summed E-state index contributed by atoms with van der Waals surface area (Å²) in [6, 6.07) is 7.80. The van der Waals surface area contributed by atoms with Crippen LogP contribution < -0.4 is 10.2 Å². The van der Waals surface area contributed by atoms with Gasteiger partial charge in [-0.3, -0.25) is 0 Å². The van der Waals surface area contributed by atoms with Crippen LogP contribution in [0.1, 0.15) is 44.2 Å². The summed E-state index contributed by atoms with van der Waals surface area (Å²) >= 11 is 0. The minimum Gasteiger partial charge on any atom is -0.366 e. The molecule has 2 nitrogen and oxygen atoms in total. The Kier molecular flexibility index (Phi) is 2.85. The summed E-state index contributed by atoms with van der Waals surface area (Å²) < 4.78 is 0. The molecule has 108 valence electrons. The van der Waals surface area contributed by atoms with Crippen LogP contribution in [0.4, 0.5) is 5.69 Å². The zero-order chi connectivity index (χ0) is 13.7. The van der Waals surface area contributed by atoms with Crippen LogP contribution in [0, 0.1) is 5.92 Å². The van der Waals surface area contributed by atoms with E-state index in [1.807, 2.05) is 0 Å². The van der Waals surface area contributed by atoms with E-state index >= 15 is 0 Å². The van der Waals surface area contributed by atoms with Gasteiger partial charge in [0.05, 0.1) is 0 Å². The highest BCUT2D eigenvalue weighted by Crippen LogP contribution is 2.42. The maximum absolute atomic E-state index is 3.82. The van der Waals surface area contributed by atoms with Gasteiger partial charge in [-0.15, -0.1) is 0 Å². The van der Waals surface area contributed by atoms with Gasteiger partial charge >= 0.3 is 0 Å². The second-order valence-corrected chi connectivity index (χ2v) is 7.36. The molecular formula is C18H26N2. The fraction of sp³-hybridized carbons (Fsp3) is 0.667. The van der Waals surface area contributed by atoms with Gasteiger partial charge in [-0.1, -0.05) is 6.07 Å². The number of hydrogen-bond donors (Lipinski definition) is 1. The van der Waals surface area contributed by atoms with Crippen molar-refractivity contribution in [3.05, 3.63) is 29.3 Å². The van der Waals surface area contributed by atoms with Gasteiger partial charge in [0.25, 0.3) is 0 Å². The first-order valence-electron chi connectivity index (χ1n) is 8.29. The second kappa shape index (κ2) is 4.49. The SMILES string of the molecule is CC1CNC(C)(C2CC2)CN1c1ccc2c(c1)CCC2. The minimum atomic E-state index is 0.325. The Bertz CT molecular complexity index is 520. The predicted molar refractivity (Wildman–Crippen MR) is 84.4 cm³/mol. The van der Waals surface area contributed by atoms with Crippen LogP contribution in [0.3, 0.4) is 0 Å². The van der Waals surface area contributed by atoms with Gasteiger partial charge < -0.3 is 10.2 Å². The summed E-state index contributed by atoms with van der Waals surface area (Å²) in [4.78, 5) is 2.65. The lowest BCUT2D eigenvalue weighted by atomic mass is 9.90. The standard InChI is InChI=1S/C18H26N2/c1-13-11-19-18(2,16-7-8-16)12-20(13)17-9-6-14-4-3-5-15(14)10-17/h6,9-10,13,16,19H,3-5,7-8,11-12H2,1-2H3. The molecule has 2 aliphatic carbocycles. The monoisotopic (exact) mass is 270 g/mol. The van der Waals surface area contributed by atoms with E-state index in [1.54, 1.807) is 11.1 Å². The van der Waals surface area contributed by atoms with E-state index in [0.717, 1.165) is 19.0 Å². The first-order valence-corrected chi connectivity index (χ1v) is 8.29. The topological polar surface area (TPSA) is 15.3 Å². The van der Waals surface area contributed by atoms with Gasteiger partial charge in [0.2, 0.25) is 0 Å². The molecule has 0 aromatic heterocycles. The maximum Gasteiger partial charge on any atom is 0.0387 e. The number of nitrogens with zero attached hydrogens (tertiary/aromatic N) is 1. The van der Waals surface area contributed by atoms with Gasteiger partial charge in [0.1, 0.15) is 0 Å². The first kappa shape index (κ1) is 12.7. The van der Waals surface area contributed by atoms with Gasteiger partial charge in [-0.05, 0) is 75.1 Å². The molecule has 1 heterocycles. The third-order valence-corrected chi connectivity index (χ3v) is 5.72. The molecule has 1 aromatic carbocycles. The zero-order valence-electron chi connectivity index (χ0n) is 12.8. The Morgan fingerprint density at radius 1 is 1.20 bits per heavy atom. The Morgan fingerprint density at radius 2 is 2.00 bits per heavy atom. The Balaban J connectivity index is 1.62. The third kappa shape index (κ3) is 2.05. The summed E-state index contributed by atoms with van der Waals surface area (Å²) in [7, 11) is 0. The lowest BCUT2D eigenvalue weighted by Gasteiger charge is -2.47. The molecule has 0 spiro atoms. The van der Waals surface area contributed by atoms with Crippen molar-refractivity contribution in [1.82, 2.24) is 5.32 Å². The average molecular weight is 270 g/mol. The van der Waals surface area contributed by atoms with Gasteiger partial charge in [0.15, 0.2) is 0 Å². The zero-order valence-corrected chi connectivity index (χ0v) is 12.8. The number of rotatable bonds is 2. The highest BCUT2D eigenvalue weighted by molar-refractivity contribution is 5.54. The normalized spacial score (nSPS) is 33.3. The van der Waals surface area contributed by atoms with Crippen molar-refractivity contribution in [2.24, 2.45) is 5.92 Å². The van der Waals surface area contributed by atoms with E-state index in [-0.39, 0.29) is 0 Å². The summed E-state index contributed by atoms with van der Waals surface area (Å²) in [5.74, 6) is 0.895. The summed E-state index contributed by atoms with van der Waals surface area (Å²) in [6.45, 7) is 7.06. The number of fused-ring (bicyclic) bond motifs is 1. The molecule has 2 fully saturated rings. The van der Waals surface area contributed by atoms with Crippen LogP contribution in [0.5, 0.6) is 0 Å². The number of anilines is 1. The molecule has 1 saturated heterocycles. The fourth-order valence-electron chi connectivity index (χ4n) is 4.13. The molecule has 0 radical (unpaired) electrons. The van der Waals surface area contributed by atoms with Crippen molar-refractivity contribution in [3.63, 3.8) is 0 Å². The molecule has 1 aliphatic heterocycles. The van der Waals surface area contributed by atoms with Crippen molar-refractivity contribution in [1.29, 1.82) is 0 Å². The molecule has 2 heteroatoms. The highest BCUT2D eigenvalue weighted by atomic mass is 15.3. The molecule has 1 N–H and O–H groups in total. The van der Waals surface area contributed by atoms with Crippen molar-refractivity contribution in [2.45, 2.75) is 57.5 Å². The molecule has 1 aromatic rings. The van der Waals surface area contributed by atoms with Crippen LogP contribution in [0.25, 0.3) is 0 Å². The molecule has 0 bridgehead atoms. The molecular weight excluding hydrogens is 244 g/mol. The number of piperazine rings is 1. The second-order valence-electron chi connectivity index (χ2n) is 7.36. The molecule has 0 amide bonds. The van der Waals surface area contributed by atoms with Crippen molar-refractivity contribution in [3.8, 4) is 0 Å². The molecule has 20 heavy (non-hydrogen) atoms. The van der Waals surface area contributed by atoms with E-state index in [9.17, 15) is 0 Å². The third-order valence-electron chi connectivity index (χ3n) is 5.72.